The topological polar surface area (TPSA) is 35.6 Å². The van der Waals surface area contributed by atoms with Gasteiger partial charge in [-0.15, -0.1) is 0 Å². The minimum atomic E-state index is 0.0398. The fourth-order valence-electron chi connectivity index (χ4n) is 3.71. The average Bonchev–Trinajstić information content (AvgIpc) is 3.04. The molecule has 0 atom stereocenters. The van der Waals surface area contributed by atoms with Crippen molar-refractivity contribution in [2.24, 2.45) is 0 Å². The summed E-state index contributed by atoms with van der Waals surface area (Å²) in [5, 5.41) is 3.06. The summed E-state index contributed by atoms with van der Waals surface area (Å²) in [4.78, 5) is 17.0. The number of nitrogens with zero attached hydrogens (tertiary/aromatic N) is 2. The third-order valence-electron chi connectivity index (χ3n) is 5.07. The number of nitrogens with one attached hydrogen (secondary N) is 1. The van der Waals surface area contributed by atoms with Gasteiger partial charge in [-0.2, -0.15) is 0 Å². The second-order valence-electron chi connectivity index (χ2n) is 6.71. The molecule has 120 valence electrons. The summed E-state index contributed by atoms with van der Waals surface area (Å²) in [7, 11) is 0. The van der Waals surface area contributed by atoms with Crippen LogP contribution in [0, 0.1) is 13.8 Å². The van der Waals surface area contributed by atoms with Crippen molar-refractivity contribution in [2.45, 2.75) is 45.6 Å². The standard InChI is InChI=1S/C18H27N3O/c1-14-7-8-17(15(2)13-14)19-18(22)21-11-9-20(10-12-21)16-5-3-4-6-16/h7-8,13,16H,3-6,9-12H2,1-2H3,(H,19,22). The van der Waals surface area contributed by atoms with Crippen LogP contribution >= 0.6 is 0 Å². The van der Waals surface area contributed by atoms with Gasteiger partial charge in [-0.25, -0.2) is 4.79 Å². The molecule has 1 heterocycles. The predicted molar refractivity (Wildman–Crippen MR) is 90.3 cm³/mol. The quantitative estimate of drug-likeness (QED) is 0.909. The number of benzene rings is 1. The van der Waals surface area contributed by atoms with Crippen LogP contribution in [0.3, 0.4) is 0 Å². The van der Waals surface area contributed by atoms with Gasteiger partial charge in [0.25, 0.3) is 0 Å². The van der Waals surface area contributed by atoms with E-state index in [2.05, 4.69) is 23.2 Å². The van der Waals surface area contributed by atoms with Gasteiger partial charge in [0.2, 0.25) is 0 Å². The number of carbonyl (C=O) groups is 1. The highest BCUT2D eigenvalue weighted by Crippen LogP contribution is 2.24. The Labute approximate surface area is 133 Å². The summed E-state index contributed by atoms with van der Waals surface area (Å²) in [5.41, 5.74) is 3.27. The SMILES string of the molecule is Cc1ccc(NC(=O)N2CCN(C3CCCC3)CC2)c(C)c1. The maximum absolute atomic E-state index is 12.4. The molecule has 2 fully saturated rings. The lowest BCUT2D eigenvalue weighted by Gasteiger charge is -2.38. The molecule has 4 nitrogen and oxygen atoms in total. The molecule has 1 aromatic carbocycles. The van der Waals surface area contributed by atoms with E-state index in [9.17, 15) is 4.79 Å². The second kappa shape index (κ2) is 6.69. The number of piperazine rings is 1. The molecule has 0 bridgehead atoms. The lowest BCUT2D eigenvalue weighted by Crippen LogP contribution is -2.52. The van der Waals surface area contributed by atoms with E-state index in [0.29, 0.717) is 0 Å². The zero-order chi connectivity index (χ0) is 15.5. The normalized spacial score (nSPS) is 20.4. The van der Waals surface area contributed by atoms with Gasteiger partial charge in [-0.1, -0.05) is 30.5 Å². The summed E-state index contributed by atoms with van der Waals surface area (Å²) < 4.78 is 0. The average molecular weight is 301 g/mol. The van der Waals surface area contributed by atoms with Crippen LogP contribution in [-0.2, 0) is 0 Å². The molecule has 2 amide bonds. The van der Waals surface area contributed by atoms with Crippen molar-refractivity contribution in [2.75, 3.05) is 31.5 Å². The van der Waals surface area contributed by atoms with Gasteiger partial charge in [0.1, 0.15) is 0 Å². The number of anilines is 1. The Hall–Kier alpha value is -1.55. The number of hydrogen-bond donors (Lipinski definition) is 1. The largest absolute Gasteiger partial charge is 0.322 e. The molecule has 1 aliphatic heterocycles. The molecule has 1 saturated carbocycles. The number of rotatable bonds is 2. The fourth-order valence-corrected chi connectivity index (χ4v) is 3.71. The molecule has 1 saturated heterocycles. The first-order chi connectivity index (χ1) is 10.6. The maximum atomic E-state index is 12.4. The monoisotopic (exact) mass is 301 g/mol. The first-order valence-corrected chi connectivity index (χ1v) is 8.51. The molecule has 1 aliphatic carbocycles. The van der Waals surface area contributed by atoms with Gasteiger partial charge in [-0.05, 0) is 38.3 Å². The van der Waals surface area contributed by atoms with Gasteiger partial charge in [0.05, 0.1) is 0 Å². The van der Waals surface area contributed by atoms with Crippen LogP contribution in [0.5, 0.6) is 0 Å². The van der Waals surface area contributed by atoms with Gasteiger partial charge < -0.3 is 10.2 Å². The Balaban J connectivity index is 1.53. The van der Waals surface area contributed by atoms with Crippen molar-refractivity contribution in [3.63, 3.8) is 0 Å². The number of amides is 2. The van der Waals surface area contributed by atoms with Crippen molar-refractivity contribution in [3.8, 4) is 0 Å². The third kappa shape index (κ3) is 3.43. The minimum absolute atomic E-state index is 0.0398. The lowest BCUT2D eigenvalue weighted by molar-refractivity contribution is 0.115. The van der Waals surface area contributed by atoms with Crippen LogP contribution in [-0.4, -0.2) is 48.1 Å². The first-order valence-electron chi connectivity index (χ1n) is 8.51. The molecule has 1 aromatic rings. The number of aryl methyl sites for hydroxylation is 2. The number of carbonyl (C=O) groups excluding carboxylic acids is 1. The van der Waals surface area contributed by atoms with Gasteiger partial charge in [0.15, 0.2) is 0 Å². The minimum Gasteiger partial charge on any atom is -0.322 e. The van der Waals surface area contributed by atoms with E-state index in [-0.39, 0.29) is 6.03 Å². The Morgan fingerprint density at radius 1 is 1.09 bits per heavy atom. The summed E-state index contributed by atoms with van der Waals surface area (Å²) in [6, 6.07) is 6.95. The molecule has 22 heavy (non-hydrogen) atoms. The zero-order valence-corrected chi connectivity index (χ0v) is 13.8. The third-order valence-corrected chi connectivity index (χ3v) is 5.07. The van der Waals surface area contributed by atoms with Crippen molar-refractivity contribution in [1.29, 1.82) is 0 Å². The van der Waals surface area contributed by atoms with E-state index < -0.39 is 0 Å². The molecule has 0 unspecified atom stereocenters. The van der Waals surface area contributed by atoms with Crippen LogP contribution < -0.4 is 5.32 Å². The van der Waals surface area contributed by atoms with E-state index in [4.69, 9.17) is 0 Å². The summed E-state index contributed by atoms with van der Waals surface area (Å²) >= 11 is 0. The molecular formula is C18H27N3O. The van der Waals surface area contributed by atoms with Crippen molar-refractivity contribution >= 4 is 11.7 Å². The maximum Gasteiger partial charge on any atom is 0.321 e. The first kappa shape index (κ1) is 15.3. The van der Waals surface area contributed by atoms with Crippen LogP contribution in [0.15, 0.2) is 18.2 Å². The summed E-state index contributed by atoms with van der Waals surface area (Å²) in [5.74, 6) is 0. The van der Waals surface area contributed by atoms with E-state index in [1.54, 1.807) is 0 Å². The van der Waals surface area contributed by atoms with Crippen molar-refractivity contribution in [3.05, 3.63) is 29.3 Å². The van der Waals surface area contributed by atoms with E-state index >= 15 is 0 Å². The van der Waals surface area contributed by atoms with Gasteiger partial charge >= 0.3 is 6.03 Å². The van der Waals surface area contributed by atoms with E-state index in [1.165, 1.54) is 31.2 Å². The molecular weight excluding hydrogens is 274 g/mol. The number of hydrogen-bond acceptors (Lipinski definition) is 2. The molecule has 0 spiro atoms. The highest BCUT2D eigenvalue weighted by Gasteiger charge is 2.27. The van der Waals surface area contributed by atoms with E-state index in [0.717, 1.165) is 43.5 Å². The smallest absolute Gasteiger partial charge is 0.321 e. The van der Waals surface area contributed by atoms with Crippen LogP contribution in [0.25, 0.3) is 0 Å². The van der Waals surface area contributed by atoms with Gasteiger partial charge in [0, 0.05) is 37.9 Å². The highest BCUT2D eigenvalue weighted by molar-refractivity contribution is 5.90. The second-order valence-corrected chi connectivity index (χ2v) is 6.71. The summed E-state index contributed by atoms with van der Waals surface area (Å²) in [6.45, 7) is 7.83. The molecule has 1 N–H and O–H groups in total. The predicted octanol–water partition coefficient (Wildman–Crippen LogP) is 3.40. The lowest BCUT2D eigenvalue weighted by atomic mass is 10.1. The van der Waals surface area contributed by atoms with Gasteiger partial charge in [-0.3, -0.25) is 4.90 Å². The molecule has 0 radical (unpaired) electrons. The number of urea groups is 1. The Morgan fingerprint density at radius 3 is 2.41 bits per heavy atom. The summed E-state index contributed by atoms with van der Waals surface area (Å²) in [6.07, 6.45) is 5.43. The fraction of sp³-hybridized carbons (Fsp3) is 0.611. The molecule has 4 heteroatoms. The Bertz CT molecular complexity index is 529. The Kier molecular flexibility index (Phi) is 4.67. The Morgan fingerprint density at radius 2 is 1.77 bits per heavy atom. The van der Waals surface area contributed by atoms with Crippen LogP contribution in [0.2, 0.25) is 0 Å². The molecule has 0 aromatic heterocycles. The highest BCUT2D eigenvalue weighted by atomic mass is 16.2. The van der Waals surface area contributed by atoms with Crippen LogP contribution in [0.4, 0.5) is 10.5 Å². The van der Waals surface area contributed by atoms with Crippen LogP contribution in [0.1, 0.15) is 36.8 Å². The van der Waals surface area contributed by atoms with E-state index in [1.807, 2.05) is 24.0 Å². The zero-order valence-electron chi connectivity index (χ0n) is 13.8. The molecule has 2 aliphatic rings. The molecule has 3 rings (SSSR count). The van der Waals surface area contributed by atoms with Crippen molar-refractivity contribution < 1.29 is 4.79 Å². The van der Waals surface area contributed by atoms with Crippen molar-refractivity contribution in [1.82, 2.24) is 9.80 Å².